The molecule has 15 nitrogen and oxygen atoms in total. The van der Waals surface area contributed by atoms with Gasteiger partial charge in [0.25, 0.3) is 0 Å². The van der Waals surface area contributed by atoms with Crippen molar-refractivity contribution >= 4 is 41.6 Å². The summed E-state index contributed by atoms with van der Waals surface area (Å²) in [6, 6.07) is 0. The minimum Gasteiger partial charge on any atom is -0.469 e. The number of hydrogen-bond acceptors (Lipinski definition) is 9. The smallest absolute Gasteiger partial charge is 0.407 e. The van der Waals surface area contributed by atoms with Crippen LogP contribution in [0.2, 0.25) is 0 Å². The molecule has 0 saturated heterocycles. The highest BCUT2D eigenvalue weighted by molar-refractivity contribution is 5.79. The molecule has 0 saturated carbocycles. The second-order valence-corrected chi connectivity index (χ2v) is 19.9. The van der Waals surface area contributed by atoms with E-state index in [4.69, 9.17) is 9.47 Å². The first-order chi connectivity index (χ1) is 28.3. The summed E-state index contributed by atoms with van der Waals surface area (Å²) in [5, 5.41) is 17.6. The number of alkyl carbamates (subject to hydrolysis) is 1. The van der Waals surface area contributed by atoms with Gasteiger partial charge in [-0.1, -0.05) is 69.2 Å². The van der Waals surface area contributed by atoms with Crippen molar-refractivity contribution in [3.8, 4) is 0 Å². The standard InChI is InChI=1S/C46H86N6O9/c1-29(2)15-35(25-49-39(53)17-33(9)24-48-43(57)22-38(32(7)8)28-52-45(59)61-46(11,12)13)19-41(55)51-27-37(31(5)6)21-42(56)47-23-34(10)18-40(54)50-26-36(16-30(3)4)20-44(58)60-14/h29-38H,15-28H2,1-14H3,(H,47,56)(H,48,57)(H,49,53)(H,50,54)(H,51,55)(H,52,59)/t33-,34-,35-,36-,37-,38-/m1/s1. The minimum atomic E-state index is -0.609. The Morgan fingerprint density at radius 3 is 1.16 bits per heavy atom. The molecule has 0 aliphatic rings. The predicted octanol–water partition coefficient (Wildman–Crippen LogP) is 5.75. The summed E-state index contributed by atoms with van der Waals surface area (Å²) in [6.45, 7) is 27.6. The molecule has 0 spiro atoms. The van der Waals surface area contributed by atoms with Crippen LogP contribution in [0, 0.1) is 59.2 Å². The van der Waals surface area contributed by atoms with Gasteiger partial charge in [-0.25, -0.2) is 4.79 Å². The molecule has 0 aliphatic heterocycles. The Balaban J connectivity index is 4.85. The van der Waals surface area contributed by atoms with E-state index in [0.717, 1.165) is 12.8 Å². The topological polar surface area (TPSA) is 210 Å². The van der Waals surface area contributed by atoms with Crippen LogP contribution in [0.4, 0.5) is 4.79 Å². The Hall–Kier alpha value is -3.91. The number of nitrogens with one attached hydrogen (secondary N) is 6. The summed E-state index contributed by atoms with van der Waals surface area (Å²) in [5.41, 5.74) is -0.609. The molecule has 0 bridgehead atoms. The monoisotopic (exact) mass is 867 g/mol. The van der Waals surface area contributed by atoms with Crippen molar-refractivity contribution < 1.29 is 43.0 Å². The van der Waals surface area contributed by atoms with Gasteiger partial charge in [-0.05, 0) is 92.8 Å². The normalized spacial score (nSPS) is 14.7. The van der Waals surface area contributed by atoms with Gasteiger partial charge in [0.15, 0.2) is 0 Å². The molecule has 354 valence electrons. The van der Waals surface area contributed by atoms with Gasteiger partial charge in [-0.3, -0.25) is 28.8 Å². The van der Waals surface area contributed by atoms with Crippen molar-refractivity contribution in [2.45, 2.75) is 147 Å². The first kappa shape index (κ1) is 57.1. The third-order valence-electron chi connectivity index (χ3n) is 10.6. The van der Waals surface area contributed by atoms with Crippen LogP contribution in [0.1, 0.15) is 141 Å². The molecular formula is C46H86N6O9. The van der Waals surface area contributed by atoms with Crippen LogP contribution in [-0.4, -0.2) is 93.6 Å². The number of carbonyl (C=O) groups excluding carboxylic acids is 7. The molecule has 0 aromatic heterocycles. The van der Waals surface area contributed by atoms with E-state index in [-0.39, 0.29) is 121 Å². The number of methoxy groups -OCH3 is 1. The molecular weight excluding hydrogens is 781 g/mol. The van der Waals surface area contributed by atoms with E-state index in [9.17, 15) is 33.6 Å². The van der Waals surface area contributed by atoms with Crippen LogP contribution in [0.5, 0.6) is 0 Å². The Bertz CT molecular complexity index is 1350. The van der Waals surface area contributed by atoms with E-state index in [1.165, 1.54) is 7.11 Å². The molecule has 0 aromatic rings. The summed E-state index contributed by atoms with van der Waals surface area (Å²) in [7, 11) is 1.36. The van der Waals surface area contributed by atoms with Crippen LogP contribution in [0.25, 0.3) is 0 Å². The SMILES string of the molecule is COC(=O)C[C@H](CNC(=O)C[C@@H](C)CNC(=O)C[C@H](CNC(=O)C[C@H](CNC(=O)C[C@@H](C)CNC(=O)C[C@H](CNC(=O)OC(C)(C)C)C(C)C)CC(C)C)C(C)C)CC(C)C. The maximum Gasteiger partial charge on any atom is 0.407 e. The molecule has 61 heavy (non-hydrogen) atoms. The molecule has 6 N–H and O–H groups in total. The van der Waals surface area contributed by atoms with E-state index in [0.29, 0.717) is 51.1 Å². The molecule has 0 heterocycles. The zero-order chi connectivity index (χ0) is 46.9. The third-order valence-corrected chi connectivity index (χ3v) is 10.6. The molecule has 15 heteroatoms. The van der Waals surface area contributed by atoms with Crippen LogP contribution < -0.4 is 31.9 Å². The molecule has 0 aromatic carbocycles. The van der Waals surface area contributed by atoms with Gasteiger partial charge in [-0.2, -0.15) is 0 Å². The van der Waals surface area contributed by atoms with Crippen molar-refractivity contribution in [2.24, 2.45) is 59.2 Å². The Labute approximate surface area is 368 Å². The quantitative estimate of drug-likeness (QED) is 0.0485. The maximum atomic E-state index is 13.1. The lowest BCUT2D eigenvalue weighted by Crippen LogP contribution is -2.39. The van der Waals surface area contributed by atoms with Gasteiger partial charge in [0.2, 0.25) is 29.5 Å². The summed E-state index contributed by atoms with van der Waals surface area (Å²) in [5.74, 6) is -0.477. The van der Waals surface area contributed by atoms with E-state index >= 15 is 0 Å². The number of esters is 1. The number of hydrogen-bond donors (Lipinski definition) is 6. The predicted molar refractivity (Wildman–Crippen MR) is 240 cm³/mol. The molecule has 0 rings (SSSR count). The summed E-state index contributed by atoms with van der Waals surface area (Å²) in [6.07, 6.45) is 2.44. The zero-order valence-corrected chi connectivity index (χ0v) is 40.3. The molecule has 0 aliphatic carbocycles. The first-order valence-electron chi connectivity index (χ1n) is 22.7. The van der Waals surface area contributed by atoms with Crippen LogP contribution in [0.3, 0.4) is 0 Å². The molecule has 6 amide bonds. The number of ether oxygens (including phenoxy) is 2. The highest BCUT2D eigenvalue weighted by atomic mass is 16.6. The average molecular weight is 867 g/mol. The molecule has 6 atom stereocenters. The van der Waals surface area contributed by atoms with Crippen molar-refractivity contribution in [1.29, 1.82) is 0 Å². The Morgan fingerprint density at radius 1 is 0.443 bits per heavy atom. The molecule has 0 fully saturated rings. The Morgan fingerprint density at radius 2 is 0.787 bits per heavy atom. The second-order valence-electron chi connectivity index (χ2n) is 19.9. The first-order valence-corrected chi connectivity index (χ1v) is 22.7. The van der Waals surface area contributed by atoms with E-state index in [1.807, 2.05) is 41.5 Å². The lowest BCUT2D eigenvalue weighted by atomic mass is 9.91. The van der Waals surface area contributed by atoms with E-state index in [1.54, 1.807) is 20.8 Å². The fraction of sp³-hybridized carbons (Fsp3) is 0.848. The third kappa shape index (κ3) is 30.7. The molecule has 0 unspecified atom stereocenters. The van der Waals surface area contributed by atoms with E-state index < -0.39 is 11.7 Å². The highest BCUT2D eigenvalue weighted by Crippen LogP contribution is 2.19. The largest absolute Gasteiger partial charge is 0.469 e. The van der Waals surface area contributed by atoms with E-state index in [2.05, 4.69) is 59.6 Å². The summed E-state index contributed by atoms with van der Waals surface area (Å²) in [4.78, 5) is 88.3. The van der Waals surface area contributed by atoms with Gasteiger partial charge >= 0.3 is 12.1 Å². The van der Waals surface area contributed by atoms with Gasteiger partial charge in [-0.15, -0.1) is 0 Å². The minimum absolute atomic E-state index is 0.00552. The van der Waals surface area contributed by atoms with Gasteiger partial charge in [0.05, 0.1) is 7.11 Å². The van der Waals surface area contributed by atoms with Crippen LogP contribution in [-0.2, 0) is 38.2 Å². The highest BCUT2D eigenvalue weighted by Gasteiger charge is 2.24. The van der Waals surface area contributed by atoms with Crippen molar-refractivity contribution in [1.82, 2.24) is 31.9 Å². The number of carbonyl (C=O) groups is 7. The fourth-order valence-corrected chi connectivity index (χ4v) is 6.96. The summed E-state index contributed by atoms with van der Waals surface area (Å²) < 4.78 is 10.1. The van der Waals surface area contributed by atoms with Crippen LogP contribution in [0.15, 0.2) is 0 Å². The fourth-order valence-electron chi connectivity index (χ4n) is 6.96. The Kier molecular flexibility index (Phi) is 28.3. The van der Waals surface area contributed by atoms with Crippen LogP contribution >= 0.6 is 0 Å². The number of amides is 6. The zero-order valence-electron chi connectivity index (χ0n) is 40.3. The molecule has 0 radical (unpaired) electrons. The van der Waals surface area contributed by atoms with Gasteiger partial charge in [0, 0.05) is 77.8 Å². The van der Waals surface area contributed by atoms with Gasteiger partial charge < -0.3 is 41.4 Å². The average Bonchev–Trinajstić information content (AvgIpc) is 3.13. The second kappa shape index (κ2) is 30.2. The number of rotatable bonds is 30. The van der Waals surface area contributed by atoms with Crippen molar-refractivity contribution in [2.75, 3.05) is 46.4 Å². The maximum absolute atomic E-state index is 13.1. The summed E-state index contributed by atoms with van der Waals surface area (Å²) >= 11 is 0. The lowest BCUT2D eigenvalue weighted by molar-refractivity contribution is -0.142. The van der Waals surface area contributed by atoms with Crippen molar-refractivity contribution in [3.63, 3.8) is 0 Å². The lowest BCUT2D eigenvalue weighted by Gasteiger charge is -2.24. The van der Waals surface area contributed by atoms with Crippen molar-refractivity contribution in [3.05, 3.63) is 0 Å². The van der Waals surface area contributed by atoms with Gasteiger partial charge in [0.1, 0.15) is 5.60 Å².